The van der Waals surface area contributed by atoms with Crippen molar-refractivity contribution >= 4 is 23.9 Å². The predicted molar refractivity (Wildman–Crippen MR) is 136 cm³/mol. The summed E-state index contributed by atoms with van der Waals surface area (Å²) in [5, 5.41) is 5.53. The predicted octanol–water partition coefficient (Wildman–Crippen LogP) is 3.56. The molecular formula is C27H41N3O6. The van der Waals surface area contributed by atoms with Crippen molar-refractivity contribution in [2.45, 2.75) is 77.9 Å². The van der Waals surface area contributed by atoms with Gasteiger partial charge in [0.2, 0.25) is 11.8 Å². The van der Waals surface area contributed by atoms with Gasteiger partial charge in [-0.15, -0.1) is 0 Å². The van der Waals surface area contributed by atoms with Crippen LogP contribution in [0.15, 0.2) is 30.3 Å². The van der Waals surface area contributed by atoms with E-state index in [-0.39, 0.29) is 43.3 Å². The van der Waals surface area contributed by atoms with Crippen LogP contribution in [0.5, 0.6) is 0 Å². The number of ether oxygens (including phenoxy) is 2. The fourth-order valence-electron chi connectivity index (χ4n) is 3.90. The van der Waals surface area contributed by atoms with Crippen LogP contribution in [0.25, 0.3) is 0 Å². The number of amides is 3. The van der Waals surface area contributed by atoms with Crippen molar-refractivity contribution in [2.24, 2.45) is 5.92 Å². The van der Waals surface area contributed by atoms with E-state index in [4.69, 9.17) is 9.47 Å². The van der Waals surface area contributed by atoms with Crippen LogP contribution in [-0.2, 0) is 30.5 Å². The Morgan fingerprint density at radius 2 is 1.72 bits per heavy atom. The van der Waals surface area contributed by atoms with Gasteiger partial charge < -0.3 is 25.0 Å². The Balaban J connectivity index is 1.57. The molecule has 1 aromatic rings. The van der Waals surface area contributed by atoms with Crippen LogP contribution < -0.4 is 10.6 Å². The Bertz CT molecular complexity index is 853. The quantitative estimate of drug-likeness (QED) is 0.333. The lowest BCUT2D eigenvalue weighted by molar-refractivity contribution is -0.144. The van der Waals surface area contributed by atoms with Gasteiger partial charge in [0, 0.05) is 32.6 Å². The zero-order valence-electron chi connectivity index (χ0n) is 21.8. The van der Waals surface area contributed by atoms with E-state index < -0.39 is 11.7 Å². The molecule has 2 N–H and O–H groups in total. The van der Waals surface area contributed by atoms with E-state index in [1.807, 2.05) is 51.1 Å². The van der Waals surface area contributed by atoms with Gasteiger partial charge >= 0.3 is 12.1 Å². The first-order valence-electron chi connectivity index (χ1n) is 12.9. The van der Waals surface area contributed by atoms with E-state index in [1.54, 1.807) is 4.90 Å². The molecule has 0 bridgehead atoms. The number of esters is 1. The molecule has 0 radical (unpaired) electrons. The zero-order valence-corrected chi connectivity index (χ0v) is 21.8. The number of nitrogens with zero attached hydrogens (tertiary/aromatic N) is 1. The van der Waals surface area contributed by atoms with Crippen molar-refractivity contribution in [3.05, 3.63) is 35.9 Å². The summed E-state index contributed by atoms with van der Waals surface area (Å²) in [6.45, 7) is 7.46. The molecule has 1 aromatic carbocycles. The summed E-state index contributed by atoms with van der Waals surface area (Å²) in [5.74, 6) is -0.698. The number of rotatable bonds is 12. The molecule has 9 heteroatoms. The maximum atomic E-state index is 12.6. The molecule has 200 valence electrons. The molecule has 1 fully saturated rings. The van der Waals surface area contributed by atoms with Gasteiger partial charge in [-0.05, 0) is 52.0 Å². The van der Waals surface area contributed by atoms with E-state index in [9.17, 15) is 19.2 Å². The van der Waals surface area contributed by atoms with Gasteiger partial charge in [-0.25, -0.2) is 4.79 Å². The van der Waals surface area contributed by atoms with Crippen molar-refractivity contribution in [1.29, 1.82) is 0 Å². The van der Waals surface area contributed by atoms with Crippen molar-refractivity contribution < 1.29 is 28.7 Å². The van der Waals surface area contributed by atoms with Crippen LogP contribution in [0.4, 0.5) is 4.79 Å². The second kappa shape index (κ2) is 15.1. The summed E-state index contributed by atoms with van der Waals surface area (Å²) in [7, 11) is 0. The molecule has 9 nitrogen and oxygen atoms in total. The number of carbonyl (C=O) groups is 4. The van der Waals surface area contributed by atoms with Crippen molar-refractivity contribution in [3.63, 3.8) is 0 Å². The lowest BCUT2D eigenvalue weighted by atomic mass is 9.96. The van der Waals surface area contributed by atoms with Crippen LogP contribution in [0.1, 0.15) is 71.3 Å². The maximum absolute atomic E-state index is 12.6. The molecule has 1 atom stereocenters. The Labute approximate surface area is 214 Å². The lowest BCUT2D eigenvalue weighted by Gasteiger charge is -2.32. The smallest absolute Gasteiger partial charge is 0.407 e. The summed E-state index contributed by atoms with van der Waals surface area (Å²) < 4.78 is 10.4. The van der Waals surface area contributed by atoms with Crippen molar-refractivity contribution in [2.75, 3.05) is 26.2 Å². The molecule has 2 rings (SSSR count). The van der Waals surface area contributed by atoms with E-state index >= 15 is 0 Å². The number of likely N-dealkylation sites (tertiary alicyclic amines) is 1. The van der Waals surface area contributed by atoms with Gasteiger partial charge in [-0.1, -0.05) is 36.8 Å². The van der Waals surface area contributed by atoms with E-state index in [2.05, 4.69) is 10.6 Å². The minimum atomic E-state index is -0.520. The molecule has 0 aliphatic carbocycles. The third-order valence-electron chi connectivity index (χ3n) is 5.75. The molecule has 3 amide bonds. The van der Waals surface area contributed by atoms with Crippen LogP contribution in [0.2, 0.25) is 0 Å². The number of hydrogen-bond donors (Lipinski definition) is 2. The highest BCUT2D eigenvalue weighted by Gasteiger charge is 2.28. The number of nitrogens with one attached hydrogen (secondary N) is 2. The van der Waals surface area contributed by atoms with Crippen molar-refractivity contribution in [1.82, 2.24) is 15.5 Å². The Hall–Kier alpha value is -3.10. The summed E-state index contributed by atoms with van der Waals surface area (Å²) in [4.78, 5) is 50.5. The summed E-state index contributed by atoms with van der Waals surface area (Å²) in [5.41, 5.74) is 0.396. The van der Waals surface area contributed by atoms with E-state index in [1.165, 1.54) is 0 Å². The zero-order chi connectivity index (χ0) is 26.4. The summed E-state index contributed by atoms with van der Waals surface area (Å²) in [6, 6.07) is 9.43. The second-order valence-corrected chi connectivity index (χ2v) is 10.1. The summed E-state index contributed by atoms with van der Waals surface area (Å²) >= 11 is 0. The van der Waals surface area contributed by atoms with Gasteiger partial charge in [0.1, 0.15) is 12.2 Å². The average Bonchev–Trinajstić information content (AvgIpc) is 2.84. The minimum absolute atomic E-state index is 0.0529. The molecule has 0 aromatic heterocycles. The number of carbonyl (C=O) groups excluding carboxylic acids is 4. The van der Waals surface area contributed by atoms with Crippen molar-refractivity contribution in [3.8, 4) is 0 Å². The Morgan fingerprint density at radius 3 is 2.44 bits per heavy atom. The first-order valence-corrected chi connectivity index (χ1v) is 12.9. The fraction of sp³-hybridized carbons (Fsp3) is 0.630. The number of alkyl carbamates (subject to hydrolysis) is 1. The average molecular weight is 504 g/mol. The first-order chi connectivity index (χ1) is 17.1. The first kappa shape index (κ1) is 29.1. The molecule has 0 spiro atoms. The molecular weight excluding hydrogens is 462 g/mol. The van der Waals surface area contributed by atoms with Gasteiger partial charge in [-0.2, -0.15) is 0 Å². The van der Waals surface area contributed by atoms with Crippen LogP contribution in [0.3, 0.4) is 0 Å². The fourth-order valence-corrected chi connectivity index (χ4v) is 3.90. The molecule has 1 heterocycles. The second-order valence-electron chi connectivity index (χ2n) is 10.1. The maximum Gasteiger partial charge on any atom is 0.407 e. The largest absolute Gasteiger partial charge is 0.461 e. The van der Waals surface area contributed by atoms with Gasteiger partial charge in [0.05, 0.1) is 12.3 Å². The number of piperidine rings is 1. The van der Waals surface area contributed by atoms with E-state index in [0.717, 1.165) is 37.7 Å². The molecule has 1 aliphatic rings. The Kier molecular flexibility index (Phi) is 12.2. The van der Waals surface area contributed by atoms with Crippen LogP contribution in [0, 0.1) is 5.92 Å². The highest BCUT2D eigenvalue weighted by Crippen LogP contribution is 2.18. The SMILES string of the molecule is CC(C)(C)OC(=O)NCCCCCC(=O)N1CCCC(C(=O)NCCC(=O)OCc2ccccc2)C1. The van der Waals surface area contributed by atoms with E-state index in [0.29, 0.717) is 26.1 Å². The normalized spacial score (nSPS) is 15.6. The minimum Gasteiger partial charge on any atom is -0.461 e. The van der Waals surface area contributed by atoms with Gasteiger partial charge in [0.15, 0.2) is 0 Å². The molecule has 1 saturated heterocycles. The molecule has 36 heavy (non-hydrogen) atoms. The topological polar surface area (TPSA) is 114 Å². The number of hydrogen-bond acceptors (Lipinski definition) is 6. The van der Waals surface area contributed by atoms with Crippen LogP contribution in [-0.4, -0.2) is 60.6 Å². The van der Waals surface area contributed by atoms with Gasteiger partial charge in [0.25, 0.3) is 0 Å². The lowest BCUT2D eigenvalue weighted by Crippen LogP contribution is -2.45. The van der Waals surface area contributed by atoms with Crippen LogP contribution >= 0.6 is 0 Å². The third-order valence-corrected chi connectivity index (χ3v) is 5.75. The molecule has 1 aliphatic heterocycles. The molecule has 0 saturated carbocycles. The molecule has 1 unspecified atom stereocenters. The standard InChI is InChI=1S/C27H41N3O6/c1-27(2,3)36-26(34)29-16-9-5-8-14-23(31)30-18-10-13-22(19-30)25(33)28-17-15-24(32)35-20-21-11-6-4-7-12-21/h4,6-7,11-12,22H,5,8-10,13-20H2,1-3H3,(H,28,33)(H,29,34). The number of unbranched alkanes of at least 4 members (excludes halogenated alkanes) is 2. The summed E-state index contributed by atoms with van der Waals surface area (Å²) in [6.07, 6.45) is 3.93. The number of benzene rings is 1. The monoisotopic (exact) mass is 503 g/mol. The third kappa shape index (κ3) is 12.0. The highest BCUT2D eigenvalue weighted by molar-refractivity contribution is 5.81. The highest BCUT2D eigenvalue weighted by atomic mass is 16.6. The Morgan fingerprint density at radius 1 is 0.972 bits per heavy atom. The van der Waals surface area contributed by atoms with Gasteiger partial charge in [-0.3, -0.25) is 14.4 Å².